The molecule has 2 aliphatic heterocycles. The van der Waals surface area contributed by atoms with Crippen molar-refractivity contribution in [2.75, 3.05) is 46.4 Å². The average Bonchev–Trinajstić information content (AvgIpc) is 3.33. The summed E-state index contributed by atoms with van der Waals surface area (Å²) in [6.45, 7) is 8.65. The predicted molar refractivity (Wildman–Crippen MR) is 106 cm³/mol. The maximum absolute atomic E-state index is 5.50. The number of nitrogens with zero attached hydrogens (tertiary/aromatic N) is 2. The van der Waals surface area contributed by atoms with E-state index in [9.17, 15) is 0 Å². The van der Waals surface area contributed by atoms with E-state index in [1.807, 2.05) is 18.4 Å². The minimum absolute atomic E-state index is 0.508. The van der Waals surface area contributed by atoms with Crippen molar-refractivity contribution in [2.45, 2.75) is 38.1 Å². The Balaban J connectivity index is 1.36. The van der Waals surface area contributed by atoms with Gasteiger partial charge in [-0.25, -0.2) is 0 Å². The van der Waals surface area contributed by atoms with E-state index < -0.39 is 0 Å². The van der Waals surface area contributed by atoms with Gasteiger partial charge in [-0.05, 0) is 36.6 Å². The van der Waals surface area contributed by atoms with E-state index in [0.29, 0.717) is 12.0 Å². The molecule has 1 aromatic heterocycles. The van der Waals surface area contributed by atoms with Crippen molar-refractivity contribution in [1.29, 1.82) is 0 Å². The van der Waals surface area contributed by atoms with Gasteiger partial charge in [0, 0.05) is 56.7 Å². The fraction of sp³-hybridized carbons (Fsp3) is 0.737. The van der Waals surface area contributed by atoms with E-state index in [0.717, 1.165) is 31.6 Å². The molecule has 0 bridgehead atoms. The van der Waals surface area contributed by atoms with Gasteiger partial charge in [0.05, 0.1) is 6.61 Å². The van der Waals surface area contributed by atoms with Gasteiger partial charge in [0.2, 0.25) is 0 Å². The minimum Gasteiger partial charge on any atom is -0.381 e. The first kappa shape index (κ1) is 18.7. The molecule has 3 rings (SSSR count). The summed E-state index contributed by atoms with van der Waals surface area (Å²) in [6, 6.07) is 4.85. The number of likely N-dealkylation sites (tertiary alicyclic amines) is 1. The van der Waals surface area contributed by atoms with E-state index in [2.05, 4.69) is 45.0 Å². The first-order valence-electron chi connectivity index (χ1n) is 9.55. The zero-order valence-electron chi connectivity index (χ0n) is 15.5. The van der Waals surface area contributed by atoms with Gasteiger partial charge in [-0.1, -0.05) is 13.0 Å². The van der Waals surface area contributed by atoms with Gasteiger partial charge in [0.1, 0.15) is 0 Å². The van der Waals surface area contributed by atoms with Crippen LogP contribution in [0.2, 0.25) is 0 Å². The van der Waals surface area contributed by atoms with E-state index >= 15 is 0 Å². The predicted octanol–water partition coefficient (Wildman–Crippen LogP) is 2.52. The molecule has 0 radical (unpaired) electrons. The summed E-state index contributed by atoms with van der Waals surface area (Å²) in [5.41, 5.74) is 0. The largest absolute Gasteiger partial charge is 0.381 e. The van der Waals surface area contributed by atoms with Gasteiger partial charge in [-0.15, -0.1) is 11.3 Å². The third-order valence-electron chi connectivity index (χ3n) is 5.30. The number of nitrogens with one attached hydrogen (secondary N) is 2. The monoisotopic (exact) mass is 364 g/mol. The SMILES string of the molecule is CN=C(NCC(C)c1cccs1)NC1CCN(CC2CCOC2)CC1. The van der Waals surface area contributed by atoms with Crippen molar-refractivity contribution in [3.05, 3.63) is 22.4 Å². The van der Waals surface area contributed by atoms with Crippen LogP contribution in [-0.2, 0) is 4.74 Å². The van der Waals surface area contributed by atoms with Gasteiger partial charge in [-0.3, -0.25) is 4.99 Å². The second kappa shape index (κ2) is 9.55. The molecule has 3 heterocycles. The van der Waals surface area contributed by atoms with Crippen molar-refractivity contribution >= 4 is 17.3 Å². The van der Waals surface area contributed by atoms with Crippen LogP contribution < -0.4 is 10.6 Å². The highest BCUT2D eigenvalue weighted by Gasteiger charge is 2.24. The normalized spacial score (nSPS) is 24.4. The molecule has 1 aromatic rings. The van der Waals surface area contributed by atoms with E-state index in [1.54, 1.807) is 0 Å². The molecular weight excluding hydrogens is 332 g/mol. The first-order valence-corrected chi connectivity index (χ1v) is 10.4. The molecule has 2 saturated heterocycles. The van der Waals surface area contributed by atoms with Gasteiger partial charge >= 0.3 is 0 Å². The van der Waals surface area contributed by atoms with Crippen LogP contribution in [0.5, 0.6) is 0 Å². The highest BCUT2D eigenvalue weighted by Crippen LogP contribution is 2.20. The lowest BCUT2D eigenvalue weighted by atomic mass is 10.0. The summed E-state index contributed by atoms with van der Waals surface area (Å²) < 4.78 is 5.50. The number of hydrogen-bond acceptors (Lipinski definition) is 4. The molecule has 2 unspecified atom stereocenters. The third kappa shape index (κ3) is 5.69. The Kier molecular flexibility index (Phi) is 7.13. The van der Waals surface area contributed by atoms with Crippen LogP contribution in [0.1, 0.15) is 37.0 Å². The van der Waals surface area contributed by atoms with Crippen LogP contribution in [0.4, 0.5) is 0 Å². The maximum atomic E-state index is 5.50. The summed E-state index contributed by atoms with van der Waals surface area (Å²) in [7, 11) is 1.86. The summed E-state index contributed by atoms with van der Waals surface area (Å²) in [5, 5.41) is 9.24. The van der Waals surface area contributed by atoms with Crippen LogP contribution in [0, 0.1) is 5.92 Å². The van der Waals surface area contributed by atoms with Crippen molar-refractivity contribution in [3.63, 3.8) is 0 Å². The number of hydrogen-bond donors (Lipinski definition) is 2. The van der Waals surface area contributed by atoms with Crippen LogP contribution in [0.15, 0.2) is 22.5 Å². The van der Waals surface area contributed by atoms with Crippen molar-refractivity contribution < 1.29 is 4.74 Å². The van der Waals surface area contributed by atoms with Crippen LogP contribution in [0.25, 0.3) is 0 Å². The summed E-state index contributed by atoms with van der Waals surface area (Å²) in [4.78, 5) is 8.43. The lowest BCUT2D eigenvalue weighted by Gasteiger charge is -2.34. The lowest BCUT2D eigenvalue weighted by Crippen LogP contribution is -2.49. The van der Waals surface area contributed by atoms with Crippen molar-refractivity contribution in [2.24, 2.45) is 10.9 Å². The van der Waals surface area contributed by atoms with Crippen molar-refractivity contribution in [1.82, 2.24) is 15.5 Å². The quantitative estimate of drug-likeness (QED) is 0.602. The number of aliphatic imine (C=N–C) groups is 1. The molecule has 2 atom stereocenters. The highest BCUT2D eigenvalue weighted by atomic mass is 32.1. The van der Waals surface area contributed by atoms with Crippen LogP contribution in [0.3, 0.4) is 0 Å². The smallest absolute Gasteiger partial charge is 0.191 e. The standard InChI is InChI=1S/C19H32N4OS/c1-15(18-4-3-11-25-18)12-21-19(20-2)22-17-5-8-23(9-6-17)13-16-7-10-24-14-16/h3-4,11,15-17H,5-10,12-14H2,1-2H3,(H2,20,21,22). The van der Waals surface area contributed by atoms with E-state index in [-0.39, 0.29) is 0 Å². The van der Waals surface area contributed by atoms with Crippen LogP contribution in [-0.4, -0.2) is 63.3 Å². The Morgan fingerprint density at radius 3 is 2.88 bits per heavy atom. The lowest BCUT2D eigenvalue weighted by molar-refractivity contribution is 0.150. The second-order valence-corrected chi connectivity index (χ2v) is 8.30. The number of piperidine rings is 1. The molecule has 0 saturated carbocycles. The minimum atomic E-state index is 0.508. The molecule has 2 aliphatic rings. The zero-order valence-corrected chi connectivity index (χ0v) is 16.4. The second-order valence-electron chi connectivity index (χ2n) is 7.32. The van der Waals surface area contributed by atoms with E-state index in [4.69, 9.17) is 4.74 Å². The van der Waals surface area contributed by atoms with Gasteiger partial charge < -0.3 is 20.3 Å². The Morgan fingerprint density at radius 1 is 1.40 bits per heavy atom. The Morgan fingerprint density at radius 2 is 2.24 bits per heavy atom. The van der Waals surface area contributed by atoms with Crippen LogP contribution >= 0.6 is 11.3 Å². The molecule has 2 fully saturated rings. The molecule has 0 amide bonds. The van der Waals surface area contributed by atoms with Gasteiger partial charge in [-0.2, -0.15) is 0 Å². The number of thiophene rings is 1. The van der Waals surface area contributed by atoms with E-state index in [1.165, 1.54) is 43.8 Å². The molecule has 5 nitrogen and oxygen atoms in total. The molecule has 2 N–H and O–H groups in total. The zero-order chi connectivity index (χ0) is 17.5. The number of rotatable bonds is 6. The Hall–Kier alpha value is -1.11. The summed E-state index contributed by atoms with van der Waals surface area (Å²) >= 11 is 1.82. The van der Waals surface area contributed by atoms with Gasteiger partial charge in [0.15, 0.2) is 5.96 Å². The summed E-state index contributed by atoms with van der Waals surface area (Å²) in [5.74, 6) is 2.19. The molecule has 140 valence electrons. The molecule has 0 aromatic carbocycles. The maximum Gasteiger partial charge on any atom is 0.191 e. The molecule has 25 heavy (non-hydrogen) atoms. The fourth-order valence-corrected chi connectivity index (χ4v) is 4.45. The molecular formula is C19H32N4OS. The average molecular weight is 365 g/mol. The van der Waals surface area contributed by atoms with Crippen molar-refractivity contribution in [3.8, 4) is 0 Å². The Bertz CT molecular complexity index is 520. The summed E-state index contributed by atoms with van der Waals surface area (Å²) in [6.07, 6.45) is 3.61. The molecule has 0 aliphatic carbocycles. The third-order valence-corrected chi connectivity index (χ3v) is 6.40. The molecule has 6 heteroatoms. The first-order chi connectivity index (χ1) is 12.2. The topological polar surface area (TPSA) is 48.9 Å². The number of guanidine groups is 1. The highest BCUT2D eigenvalue weighted by molar-refractivity contribution is 7.10. The fourth-order valence-electron chi connectivity index (χ4n) is 3.66. The number of ether oxygens (including phenoxy) is 1. The molecule has 0 spiro atoms. The van der Waals surface area contributed by atoms with Gasteiger partial charge in [0.25, 0.3) is 0 Å². The Labute approximate surface area is 155 Å².